The lowest BCUT2D eigenvalue weighted by atomic mass is 10.1. The molecule has 0 aliphatic carbocycles. The normalized spacial score (nSPS) is 11.4. The molecule has 0 bridgehead atoms. The third-order valence-corrected chi connectivity index (χ3v) is 6.74. The van der Waals surface area contributed by atoms with Crippen LogP contribution in [0.1, 0.15) is 56.4 Å². The van der Waals surface area contributed by atoms with Crippen molar-refractivity contribution in [2.24, 2.45) is 0 Å². The van der Waals surface area contributed by atoms with Gasteiger partial charge in [0.2, 0.25) is 0 Å². The van der Waals surface area contributed by atoms with E-state index < -0.39 is 0 Å². The van der Waals surface area contributed by atoms with Crippen molar-refractivity contribution in [3.63, 3.8) is 0 Å². The van der Waals surface area contributed by atoms with Gasteiger partial charge in [-0.3, -0.25) is 0 Å². The summed E-state index contributed by atoms with van der Waals surface area (Å²) < 4.78 is 2.93. The molecular weight excluding hydrogens is 316 g/mol. The van der Waals surface area contributed by atoms with E-state index in [4.69, 9.17) is 0 Å². The van der Waals surface area contributed by atoms with Crippen LogP contribution in [0.25, 0.3) is 19.8 Å². The summed E-state index contributed by atoms with van der Waals surface area (Å²) in [5.74, 6) is 0. The van der Waals surface area contributed by atoms with Crippen LogP contribution < -0.4 is 0 Å². The van der Waals surface area contributed by atoms with E-state index in [0.717, 1.165) is 0 Å². The average Bonchev–Trinajstić information content (AvgIpc) is 3.12. The number of hydrogen-bond acceptors (Lipinski definition) is 2. The Kier molecular flexibility index (Phi) is 5.91. The van der Waals surface area contributed by atoms with Crippen molar-refractivity contribution in [2.75, 3.05) is 0 Å². The van der Waals surface area contributed by atoms with Gasteiger partial charge in [-0.05, 0) is 48.9 Å². The standard InChI is InChI=1S/C21H26S2/c1-3-5-7-9-18-14-20-21(22-18)15-19(23-20)17-12-10-16(11-13-17)8-6-4-2/h10-15H,3-9H2,1-2H3. The third-order valence-electron chi connectivity index (χ3n) is 4.34. The predicted molar refractivity (Wildman–Crippen MR) is 107 cm³/mol. The highest BCUT2D eigenvalue weighted by atomic mass is 32.1. The molecule has 0 fully saturated rings. The molecule has 3 aromatic rings. The molecule has 0 nitrogen and oxygen atoms in total. The van der Waals surface area contributed by atoms with Crippen LogP contribution in [0, 0.1) is 0 Å². The number of rotatable bonds is 8. The van der Waals surface area contributed by atoms with Crippen LogP contribution >= 0.6 is 22.7 Å². The predicted octanol–water partition coefficient (Wildman–Crippen LogP) is 7.71. The highest BCUT2D eigenvalue weighted by molar-refractivity contribution is 7.29. The Balaban J connectivity index is 1.71. The molecule has 2 aromatic heterocycles. The van der Waals surface area contributed by atoms with Gasteiger partial charge < -0.3 is 0 Å². The van der Waals surface area contributed by atoms with E-state index in [9.17, 15) is 0 Å². The first-order valence-corrected chi connectivity index (χ1v) is 10.5. The largest absolute Gasteiger partial charge is 0.139 e. The second-order valence-corrected chi connectivity index (χ2v) is 8.56. The summed E-state index contributed by atoms with van der Waals surface area (Å²) in [4.78, 5) is 2.97. The van der Waals surface area contributed by atoms with Crippen LogP contribution in [-0.4, -0.2) is 0 Å². The summed E-state index contributed by atoms with van der Waals surface area (Å²) in [6.07, 6.45) is 8.99. The van der Waals surface area contributed by atoms with Gasteiger partial charge in [0, 0.05) is 19.2 Å². The molecule has 0 N–H and O–H groups in total. The summed E-state index contributed by atoms with van der Waals surface area (Å²) >= 11 is 3.93. The van der Waals surface area contributed by atoms with Gasteiger partial charge in [0.1, 0.15) is 0 Å². The van der Waals surface area contributed by atoms with Gasteiger partial charge in [-0.15, -0.1) is 22.7 Å². The minimum Gasteiger partial charge on any atom is -0.139 e. The van der Waals surface area contributed by atoms with Crippen molar-refractivity contribution in [3.05, 3.63) is 46.8 Å². The number of aryl methyl sites for hydroxylation is 2. The van der Waals surface area contributed by atoms with Gasteiger partial charge in [0.05, 0.1) is 0 Å². The Hall–Kier alpha value is -1.12. The molecule has 1 aromatic carbocycles. The van der Waals surface area contributed by atoms with Gasteiger partial charge in [0.15, 0.2) is 0 Å². The molecule has 0 saturated carbocycles. The first-order valence-electron chi connectivity index (χ1n) is 8.91. The van der Waals surface area contributed by atoms with E-state index in [2.05, 4.69) is 50.2 Å². The molecule has 0 radical (unpaired) electrons. The molecule has 122 valence electrons. The zero-order valence-electron chi connectivity index (χ0n) is 14.2. The first kappa shape index (κ1) is 16.7. The van der Waals surface area contributed by atoms with Crippen LogP contribution in [0.4, 0.5) is 0 Å². The Morgan fingerprint density at radius 3 is 2.17 bits per heavy atom. The van der Waals surface area contributed by atoms with Gasteiger partial charge in [-0.25, -0.2) is 0 Å². The molecule has 2 heteroatoms. The second kappa shape index (κ2) is 8.12. The van der Waals surface area contributed by atoms with E-state index >= 15 is 0 Å². The van der Waals surface area contributed by atoms with E-state index in [1.807, 2.05) is 22.7 Å². The highest BCUT2D eigenvalue weighted by Crippen LogP contribution is 2.38. The Labute approximate surface area is 148 Å². The molecule has 0 spiro atoms. The number of fused-ring (bicyclic) bond motifs is 1. The van der Waals surface area contributed by atoms with Crippen LogP contribution in [0.5, 0.6) is 0 Å². The smallest absolute Gasteiger partial charge is 0.0460 e. The van der Waals surface area contributed by atoms with Crippen molar-refractivity contribution in [1.29, 1.82) is 0 Å². The molecule has 0 atom stereocenters. The fourth-order valence-corrected chi connectivity index (χ4v) is 5.39. The minimum absolute atomic E-state index is 1.21. The van der Waals surface area contributed by atoms with Gasteiger partial charge in [0.25, 0.3) is 0 Å². The fourth-order valence-electron chi connectivity index (χ4n) is 2.92. The Morgan fingerprint density at radius 2 is 1.48 bits per heavy atom. The average molecular weight is 343 g/mol. The Morgan fingerprint density at radius 1 is 0.739 bits per heavy atom. The summed E-state index contributed by atoms with van der Waals surface area (Å²) in [5, 5.41) is 0. The quantitative estimate of drug-likeness (QED) is 0.368. The molecule has 0 saturated heterocycles. The fraction of sp³-hybridized carbons (Fsp3) is 0.429. The van der Waals surface area contributed by atoms with Crippen LogP contribution in [0.15, 0.2) is 36.4 Å². The van der Waals surface area contributed by atoms with Crippen molar-refractivity contribution in [2.45, 2.75) is 58.8 Å². The maximum absolute atomic E-state index is 2.42. The number of unbranched alkanes of at least 4 members (excludes halogenated alkanes) is 3. The van der Waals surface area contributed by atoms with Gasteiger partial charge >= 0.3 is 0 Å². The van der Waals surface area contributed by atoms with Crippen molar-refractivity contribution in [1.82, 2.24) is 0 Å². The van der Waals surface area contributed by atoms with Gasteiger partial charge in [-0.1, -0.05) is 57.4 Å². The number of hydrogen-bond donors (Lipinski definition) is 0. The van der Waals surface area contributed by atoms with Crippen molar-refractivity contribution < 1.29 is 0 Å². The molecular formula is C21H26S2. The van der Waals surface area contributed by atoms with Crippen LogP contribution in [0.2, 0.25) is 0 Å². The molecule has 0 unspecified atom stereocenters. The van der Waals surface area contributed by atoms with E-state index in [0.29, 0.717) is 0 Å². The van der Waals surface area contributed by atoms with Crippen molar-refractivity contribution >= 4 is 32.1 Å². The van der Waals surface area contributed by atoms with Crippen LogP contribution in [0.3, 0.4) is 0 Å². The lowest BCUT2D eigenvalue weighted by Crippen LogP contribution is -1.83. The lowest BCUT2D eigenvalue weighted by Gasteiger charge is -2.02. The monoisotopic (exact) mass is 342 g/mol. The molecule has 0 aliphatic rings. The second-order valence-electron chi connectivity index (χ2n) is 6.31. The topological polar surface area (TPSA) is 0 Å². The molecule has 2 heterocycles. The van der Waals surface area contributed by atoms with Gasteiger partial charge in [-0.2, -0.15) is 0 Å². The summed E-state index contributed by atoms with van der Waals surface area (Å²) in [5.41, 5.74) is 2.83. The maximum Gasteiger partial charge on any atom is 0.0460 e. The molecule has 0 aliphatic heterocycles. The molecule has 0 amide bonds. The summed E-state index contributed by atoms with van der Waals surface area (Å²) in [7, 11) is 0. The SMILES string of the molecule is CCCCCc1cc2sc(-c3ccc(CCCC)cc3)cc2s1. The van der Waals surface area contributed by atoms with E-state index in [1.165, 1.54) is 70.3 Å². The van der Waals surface area contributed by atoms with E-state index in [1.54, 1.807) is 4.88 Å². The first-order chi connectivity index (χ1) is 11.3. The molecule has 3 rings (SSSR count). The maximum atomic E-state index is 2.42. The third kappa shape index (κ3) is 4.24. The summed E-state index contributed by atoms with van der Waals surface area (Å²) in [6.45, 7) is 4.52. The minimum atomic E-state index is 1.21. The van der Waals surface area contributed by atoms with Crippen LogP contribution in [-0.2, 0) is 12.8 Å². The zero-order chi connectivity index (χ0) is 16.1. The summed E-state index contributed by atoms with van der Waals surface area (Å²) in [6, 6.07) is 14.0. The highest BCUT2D eigenvalue weighted by Gasteiger charge is 2.08. The lowest BCUT2D eigenvalue weighted by molar-refractivity contribution is 0.723. The number of benzene rings is 1. The van der Waals surface area contributed by atoms with E-state index in [-0.39, 0.29) is 0 Å². The zero-order valence-corrected chi connectivity index (χ0v) is 15.9. The molecule has 23 heavy (non-hydrogen) atoms. The van der Waals surface area contributed by atoms with Crippen molar-refractivity contribution in [3.8, 4) is 10.4 Å². The number of thiophene rings is 2. The Bertz CT molecular complexity index is 699.